The Labute approximate surface area is 94.3 Å². The molecule has 1 heterocycles. The highest BCUT2D eigenvalue weighted by Crippen LogP contribution is 2.23. The standard InChI is InChI=1S/C13H15NO2/c1-3-6-14-8-11(13(15)16)10-5-4-9(2)7-12(10)14/h4-5,7-8H,3,6H2,1-2H3,(H,15,16). The summed E-state index contributed by atoms with van der Waals surface area (Å²) in [4.78, 5) is 11.1. The highest BCUT2D eigenvalue weighted by Gasteiger charge is 2.13. The van der Waals surface area contributed by atoms with Gasteiger partial charge in [-0.1, -0.05) is 19.1 Å². The third-order valence-electron chi connectivity index (χ3n) is 2.73. The Kier molecular flexibility index (Phi) is 2.69. The first kappa shape index (κ1) is 10.7. The zero-order chi connectivity index (χ0) is 11.7. The summed E-state index contributed by atoms with van der Waals surface area (Å²) in [5, 5.41) is 9.95. The lowest BCUT2D eigenvalue weighted by molar-refractivity contribution is 0.0699. The summed E-state index contributed by atoms with van der Waals surface area (Å²) in [7, 11) is 0. The molecule has 0 bridgehead atoms. The Morgan fingerprint density at radius 1 is 1.44 bits per heavy atom. The topological polar surface area (TPSA) is 42.2 Å². The molecule has 2 aromatic rings. The van der Waals surface area contributed by atoms with Crippen LogP contribution in [-0.4, -0.2) is 15.6 Å². The molecular formula is C13H15NO2. The molecule has 0 fully saturated rings. The molecule has 0 spiro atoms. The van der Waals surface area contributed by atoms with E-state index in [9.17, 15) is 4.79 Å². The van der Waals surface area contributed by atoms with Crippen LogP contribution >= 0.6 is 0 Å². The second-order valence-corrected chi connectivity index (χ2v) is 4.06. The highest BCUT2D eigenvalue weighted by molar-refractivity contribution is 6.03. The Morgan fingerprint density at radius 2 is 2.19 bits per heavy atom. The summed E-state index contributed by atoms with van der Waals surface area (Å²) in [6, 6.07) is 5.88. The first-order valence-electron chi connectivity index (χ1n) is 5.46. The summed E-state index contributed by atoms with van der Waals surface area (Å²) in [6.07, 6.45) is 2.73. The lowest BCUT2D eigenvalue weighted by Gasteiger charge is -2.02. The summed E-state index contributed by atoms with van der Waals surface area (Å²) in [6.45, 7) is 4.96. The largest absolute Gasteiger partial charge is 0.478 e. The molecule has 84 valence electrons. The molecule has 0 radical (unpaired) electrons. The number of rotatable bonds is 3. The van der Waals surface area contributed by atoms with E-state index < -0.39 is 5.97 Å². The van der Waals surface area contributed by atoms with Gasteiger partial charge in [-0.05, 0) is 25.0 Å². The van der Waals surface area contributed by atoms with Gasteiger partial charge in [-0.3, -0.25) is 0 Å². The molecule has 0 aliphatic carbocycles. The Bertz CT molecular complexity index is 540. The summed E-state index contributed by atoms with van der Waals surface area (Å²) < 4.78 is 2.02. The number of hydrogen-bond acceptors (Lipinski definition) is 1. The van der Waals surface area contributed by atoms with Crippen molar-refractivity contribution in [1.82, 2.24) is 4.57 Å². The molecular weight excluding hydrogens is 202 g/mol. The van der Waals surface area contributed by atoms with E-state index in [1.165, 1.54) is 0 Å². The normalized spacial score (nSPS) is 10.9. The molecule has 0 saturated heterocycles. The molecule has 16 heavy (non-hydrogen) atoms. The van der Waals surface area contributed by atoms with Gasteiger partial charge >= 0.3 is 5.97 Å². The number of aromatic carboxylic acids is 1. The van der Waals surface area contributed by atoms with Crippen LogP contribution in [0.25, 0.3) is 10.9 Å². The van der Waals surface area contributed by atoms with Crippen molar-refractivity contribution < 1.29 is 9.90 Å². The molecule has 0 aliphatic heterocycles. The average Bonchev–Trinajstić information content (AvgIpc) is 2.58. The maximum atomic E-state index is 11.1. The second kappa shape index (κ2) is 4.00. The number of carboxylic acid groups (broad SMARTS) is 1. The fourth-order valence-corrected chi connectivity index (χ4v) is 2.00. The predicted molar refractivity (Wildman–Crippen MR) is 63.9 cm³/mol. The summed E-state index contributed by atoms with van der Waals surface area (Å²) in [5.74, 6) is -0.858. The van der Waals surface area contributed by atoms with Gasteiger partial charge in [0.25, 0.3) is 0 Å². The van der Waals surface area contributed by atoms with E-state index in [0.717, 1.165) is 29.4 Å². The number of carbonyl (C=O) groups is 1. The van der Waals surface area contributed by atoms with Gasteiger partial charge in [-0.15, -0.1) is 0 Å². The number of aryl methyl sites for hydroxylation is 2. The number of aromatic nitrogens is 1. The number of nitrogens with zero attached hydrogens (tertiary/aromatic N) is 1. The van der Waals surface area contributed by atoms with Crippen LogP contribution in [0.15, 0.2) is 24.4 Å². The van der Waals surface area contributed by atoms with Crippen LogP contribution in [0.3, 0.4) is 0 Å². The Morgan fingerprint density at radius 3 is 2.81 bits per heavy atom. The maximum Gasteiger partial charge on any atom is 0.337 e. The van der Waals surface area contributed by atoms with Gasteiger partial charge in [-0.25, -0.2) is 4.79 Å². The lowest BCUT2D eigenvalue weighted by atomic mass is 10.1. The van der Waals surface area contributed by atoms with Crippen LogP contribution in [-0.2, 0) is 6.54 Å². The van der Waals surface area contributed by atoms with Crippen LogP contribution < -0.4 is 0 Å². The van der Waals surface area contributed by atoms with Crippen molar-refractivity contribution in [3.05, 3.63) is 35.5 Å². The molecule has 0 aliphatic rings. The minimum Gasteiger partial charge on any atom is -0.478 e. The number of fused-ring (bicyclic) bond motifs is 1. The summed E-state index contributed by atoms with van der Waals surface area (Å²) >= 11 is 0. The zero-order valence-electron chi connectivity index (χ0n) is 9.53. The van der Waals surface area contributed by atoms with Crippen LogP contribution in [0.2, 0.25) is 0 Å². The fourth-order valence-electron chi connectivity index (χ4n) is 2.00. The van der Waals surface area contributed by atoms with Crippen LogP contribution in [0.5, 0.6) is 0 Å². The monoisotopic (exact) mass is 217 g/mol. The van der Waals surface area contributed by atoms with Crippen molar-refractivity contribution >= 4 is 16.9 Å². The van der Waals surface area contributed by atoms with Crippen molar-refractivity contribution in [2.45, 2.75) is 26.8 Å². The number of hydrogen-bond donors (Lipinski definition) is 1. The van der Waals surface area contributed by atoms with Gasteiger partial charge in [-0.2, -0.15) is 0 Å². The smallest absolute Gasteiger partial charge is 0.337 e. The third-order valence-corrected chi connectivity index (χ3v) is 2.73. The molecule has 1 aromatic heterocycles. The average molecular weight is 217 g/mol. The molecule has 2 rings (SSSR count). The lowest BCUT2D eigenvalue weighted by Crippen LogP contribution is -1.96. The predicted octanol–water partition coefficient (Wildman–Crippen LogP) is 3.06. The van der Waals surface area contributed by atoms with Crippen LogP contribution in [0.1, 0.15) is 29.3 Å². The van der Waals surface area contributed by atoms with Crippen molar-refractivity contribution in [3.8, 4) is 0 Å². The molecule has 3 heteroatoms. The van der Waals surface area contributed by atoms with Gasteiger partial charge in [0, 0.05) is 23.6 Å². The van der Waals surface area contributed by atoms with Gasteiger partial charge in [0.05, 0.1) is 5.56 Å². The molecule has 0 atom stereocenters. The minimum atomic E-state index is -0.858. The van der Waals surface area contributed by atoms with Gasteiger partial charge in [0.15, 0.2) is 0 Å². The molecule has 3 nitrogen and oxygen atoms in total. The van der Waals surface area contributed by atoms with Crippen molar-refractivity contribution in [2.24, 2.45) is 0 Å². The quantitative estimate of drug-likeness (QED) is 0.858. The SMILES string of the molecule is CCCn1cc(C(=O)O)c2ccc(C)cc21. The van der Waals surface area contributed by atoms with E-state index in [2.05, 4.69) is 6.92 Å². The highest BCUT2D eigenvalue weighted by atomic mass is 16.4. The van der Waals surface area contributed by atoms with E-state index in [1.807, 2.05) is 29.7 Å². The number of carboxylic acids is 1. The Balaban J connectivity index is 2.71. The van der Waals surface area contributed by atoms with E-state index in [1.54, 1.807) is 6.20 Å². The van der Waals surface area contributed by atoms with Crippen molar-refractivity contribution in [2.75, 3.05) is 0 Å². The summed E-state index contributed by atoms with van der Waals surface area (Å²) in [5.41, 5.74) is 2.56. The minimum absolute atomic E-state index is 0.392. The van der Waals surface area contributed by atoms with E-state index in [4.69, 9.17) is 5.11 Å². The first-order valence-corrected chi connectivity index (χ1v) is 5.46. The van der Waals surface area contributed by atoms with Gasteiger partial charge < -0.3 is 9.67 Å². The fraction of sp³-hybridized carbons (Fsp3) is 0.308. The maximum absolute atomic E-state index is 11.1. The molecule has 0 unspecified atom stereocenters. The Hall–Kier alpha value is -1.77. The van der Waals surface area contributed by atoms with Gasteiger partial charge in [0.2, 0.25) is 0 Å². The first-order chi connectivity index (χ1) is 7.63. The van der Waals surface area contributed by atoms with Crippen molar-refractivity contribution in [3.63, 3.8) is 0 Å². The second-order valence-electron chi connectivity index (χ2n) is 4.06. The molecule has 1 N–H and O–H groups in total. The molecule has 0 amide bonds. The van der Waals surface area contributed by atoms with Crippen LogP contribution in [0.4, 0.5) is 0 Å². The number of benzene rings is 1. The molecule has 1 aromatic carbocycles. The van der Waals surface area contributed by atoms with Gasteiger partial charge in [0.1, 0.15) is 0 Å². The van der Waals surface area contributed by atoms with Crippen LogP contribution in [0, 0.1) is 6.92 Å². The van der Waals surface area contributed by atoms with E-state index in [0.29, 0.717) is 5.56 Å². The van der Waals surface area contributed by atoms with E-state index >= 15 is 0 Å². The van der Waals surface area contributed by atoms with Crippen molar-refractivity contribution in [1.29, 1.82) is 0 Å². The molecule has 0 saturated carbocycles. The zero-order valence-corrected chi connectivity index (χ0v) is 9.53. The third kappa shape index (κ3) is 1.69. The van der Waals surface area contributed by atoms with E-state index in [-0.39, 0.29) is 0 Å².